The molecule has 0 atom stereocenters. The van der Waals surface area contributed by atoms with Crippen molar-refractivity contribution in [3.8, 4) is 23.0 Å². The Morgan fingerprint density at radius 2 is 0.655 bits per heavy atom. The highest BCUT2D eigenvalue weighted by Crippen LogP contribution is 2.53. The Morgan fingerprint density at radius 1 is 0.382 bits per heavy atom. The normalized spacial score (nSPS) is 19.9. The fourth-order valence-corrected chi connectivity index (χ4v) is 11.6. The Bertz CT molecular complexity index is 1780. The third kappa shape index (κ3) is 7.77. The van der Waals surface area contributed by atoms with E-state index in [4.69, 9.17) is 0 Å². The number of phenols is 4. The van der Waals surface area contributed by atoms with E-state index >= 15 is 0 Å². The summed E-state index contributed by atoms with van der Waals surface area (Å²) in [5, 5.41) is 45.9. The molecule has 8 rings (SSSR count). The summed E-state index contributed by atoms with van der Waals surface area (Å²) in [6.45, 7) is 2.38. The van der Waals surface area contributed by atoms with Gasteiger partial charge >= 0.3 is 0 Å². The lowest BCUT2D eigenvalue weighted by molar-refractivity contribution is 0.406. The zero-order chi connectivity index (χ0) is 37.9. The molecule has 292 valence electrons. The predicted octanol–water partition coefficient (Wildman–Crippen LogP) is 13.8. The third-order valence-corrected chi connectivity index (χ3v) is 14.8. The van der Waals surface area contributed by atoms with Gasteiger partial charge in [-0.2, -0.15) is 0 Å². The molecule has 55 heavy (non-hydrogen) atoms. The maximum atomic E-state index is 11.5. The topological polar surface area (TPSA) is 80.9 Å². The summed E-state index contributed by atoms with van der Waals surface area (Å²) in [7, 11) is 0. The second kappa shape index (κ2) is 16.7. The van der Waals surface area contributed by atoms with Gasteiger partial charge in [-0.3, -0.25) is 0 Å². The van der Waals surface area contributed by atoms with Gasteiger partial charge in [0.1, 0.15) is 23.0 Å². The van der Waals surface area contributed by atoms with Crippen LogP contribution in [0, 0.1) is 0 Å². The number of aromatic hydroxyl groups is 4. The Hall–Kier alpha value is -3.92. The van der Waals surface area contributed by atoms with Gasteiger partial charge in [-0.15, -0.1) is 0 Å². The SMILES string of the molecule is CC(c1ccc(O)c(C2CCCCC2)c1)(c1ccc(O)c(C2CCCCC2)c1)C(c1ccc(O)c(C2CCCCC2)c1)c1ccc(O)c(C2CCCCC2)c1. The molecule has 0 saturated heterocycles. The zero-order valence-corrected chi connectivity index (χ0v) is 33.2. The quantitative estimate of drug-likeness (QED) is 0.138. The molecule has 0 aliphatic heterocycles. The summed E-state index contributed by atoms with van der Waals surface area (Å²) in [5.41, 5.74) is 8.17. The lowest BCUT2D eigenvalue weighted by Crippen LogP contribution is -2.33. The van der Waals surface area contributed by atoms with Crippen LogP contribution in [-0.4, -0.2) is 20.4 Å². The van der Waals surface area contributed by atoms with Crippen LogP contribution in [0.2, 0.25) is 0 Å². The molecule has 0 amide bonds. The van der Waals surface area contributed by atoms with Crippen molar-refractivity contribution in [2.75, 3.05) is 0 Å². The van der Waals surface area contributed by atoms with Crippen LogP contribution in [0.5, 0.6) is 23.0 Å². The van der Waals surface area contributed by atoms with Crippen LogP contribution in [0.15, 0.2) is 72.8 Å². The molecular formula is C51H64O4. The fraction of sp³-hybridized carbons (Fsp3) is 0.529. The van der Waals surface area contributed by atoms with Gasteiger partial charge in [0.2, 0.25) is 0 Å². The molecule has 4 heteroatoms. The molecule has 0 unspecified atom stereocenters. The highest BCUT2D eigenvalue weighted by atomic mass is 16.3. The van der Waals surface area contributed by atoms with Crippen molar-refractivity contribution in [2.24, 2.45) is 0 Å². The minimum atomic E-state index is -0.643. The van der Waals surface area contributed by atoms with E-state index in [0.29, 0.717) is 46.7 Å². The van der Waals surface area contributed by atoms with Gasteiger partial charge in [0.15, 0.2) is 0 Å². The summed E-state index contributed by atoms with van der Waals surface area (Å²) in [4.78, 5) is 0. The van der Waals surface area contributed by atoms with Crippen molar-refractivity contribution in [1.82, 2.24) is 0 Å². The first kappa shape index (κ1) is 38.0. The van der Waals surface area contributed by atoms with Crippen LogP contribution < -0.4 is 0 Å². The van der Waals surface area contributed by atoms with E-state index in [1.165, 1.54) is 77.0 Å². The number of phenolic OH excluding ortho intramolecular Hbond substituents is 4. The molecule has 4 aromatic rings. The monoisotopic (exact) mass is 740 g/mol. The smallest absolute Gasteiger partial charge is 0.119 e. The van der Waals surface area contributed by atoms with Gasteiger partial charge in [-0.05, 0) is 144 Å². The Kier molecular flexibility index (Phi) is 11.5. The molecule has 4 N–H and O–H groups in total. The maximum Gasteiger partial charge on any atom is 0.119 e. The van der Waals surface area contributed by atoms with Crippen LogP contribution in [0.25, 0.3) is 0 Å². The molecule has 0 spiro atoms. The van der Waals surface area contributed by atoms with Crippen LogP contribution in [0.4, 0.5) is 0 Å². The van der Waals surface area contributed by atoms with Crippen LogP contribution in [0.1, 0.15) is 209 Å². The second-order valence-corrected chi connectivity index (χ2v) is 18.2. The molecule has 0 radical (unpaired) electrons. The summed E-state index contributed by atoms with van der Waals surface area (Å²) in [6.07, 6.45) is 23.2. The standard InChI is InChI=1S/C51H64O4/c1-51(40-24-28-48(54)44(32-40)36-18-10-4-11-19-36,41-25-29-49(55)45(33-41)37-20-12-5-13-21-37)50(38-22-26-46(52)42(30-38)34-14-6-2-7-15-34)39-23-27-47(53)43(31-39)35-16-8-3-9-17-35/h22-37,50,52-55H,2-21H2,1H3. The average Bonchev–Trinajstić information content (AvgIpc) is 3.23. The van der Waals surface area contributed by atoms with Crippen molar-refractivity contribution >= 4 is 0 Å². The highest BCUT2D eigenvalue weighted by Gasteiger charge is 2.42. The number of benzene rings is 4. The summed E-state index contributed by atoms with van der Waals surface area (Å²) in [6, 6.07) is 25.6. The third-order valence-electron chi connectivity index (χ3n) is 14.8. The van der Waals surface area contributed by atoms with Crippen molar-refractivity contribution in [2.45, 2.75) is 170 Å². The first-order valence-electron chi connectivity index (χ1n) is 22.1. The molecular weight excluding hydrogens is 677 g/mol. The Labute approximate surface area is 330 Å². The summed E-state index contributed by atoms with van der Waals surface area (Å²) < 4.78 is 0. The van der Waals surface area contributed by atoms with Crippen molar-refractivity contribution in [3.05, 3.63) is 117 Å². The molecule has 4 aliphatic carbocycles. The van der Waals surface area contributed by atoms with Crippen LogP contribution in [0.3, 0.4) is 0 Å². The lowest BCUT2D eigenvalue weighted by Gasteiger charge is -2.42. The van der Waals surface area contributed by atoms with E-state index in [2.05, 4.69) is 55.5 Å². The van der Waals surface area contributed by atoms with Gasteiger partial charge in [-0.1, -0.05) is 133 Å². The number of hydrogen-bond donors (Lipinski definition) is 4. The predicted molar refractivity (Wildman–Crippen MR) is 224 cm³/mol. The molecule has 4 fully saturated rings. The van der Waals surface area contributed by atoms with E-state index < -0.39 is 5.41 Å². The molecule has 4 aromatic carbocycles. The number of hydrogen-bond acceptors (Lipinski definition) is 4. The summed E-state index contributed by atoms with van der Waals surface area (Å²) >= 11 is 0. The van der Waals surface area contributed by atoms with E-state index in [1.54, 1.807) is 0 Å². The van der Waals surface area contributed by atoms with Gasteiger partial charge in [0.05, 0.1) is 0 Å². The first-order chi connectivity index (χ1) is 26.8. The lowest BCUT2D eigenvalue weighted by atomic mass is 9.61. The van der Waals surface area contributed by atoms with Gasteiger partial charge < -0.3 is 20.4 Å². The van der Waals surface area contributed by atoms with Gasteiger partial charge in [-0.25, -0.2) is 0 Å². The first-order valence-corrected chi connectivity index (χ1v) is 22.1. The molecule has 4 nitrogen and oxygen atoms in total. The number of rotatable bonds is 9. The summed E-state index contributed by atoms with van der Waals surface area (Å²) in [5.74, 6) is 2.67. The zero-order valence-electron chi connectivity index (χ0n) is 33.2. The van der Waals surface area contributed by atoms with E-state index in [0.717, 1.165) is 95.9 Å². The van der Waals surface area contributed by atoms with E-state index in [-0.39, 0.29) is 5.92 Å². The fourth-order valence-electron chi connectivity index (χ4n) is 11.6. The van der Waals surface area contributed by atoms with E-state index in [1.807, 2.05) is 24.3 Å². The largest absolute Gasteiger partial charge is 0.508 e. The second-order valence-electron chi connectivity index (χ2n) is 18.2. The minimum absolute atomic E-state index is 0.189. The molecule has 0 bridgehead atoms. The van der Waals surface area contributed by atoms with Crippen LogP contribution in [-0.2, 0) is 5.41 Å². The van der Waals surface area contributed by atoms with Crippen molar-refractivity contribution in [1.29, 1.82) is 0 Å². The highest BCUT2D eigenvalue weighted by molar-refractivity contribution is 5.57. The Balaban J connectivity index is 1.38. The molecule has 0 aromatic heterocycles. The van der Waals surface area contributed by atoms with Gasteiger partial charge in [0.25, 0.3) is 0 Å². The van der Waals surface area contributed by atoms with Crippen molar-refractivity contribution < 1.29 is 20.4 Å². The van der Waals surface area contributed by atoms with Gasteiger partial charge in [0, 0.05) is 11.3 Å². The van der Waals surface area contributed by atoms with Crippen LogP contribution >= 0.6 is 0 Å². The molecule has 4 saturated carbocycles. The maximum absolute atomic E-state index is 11.5. The average molecular weight is 741 g/mol. The molecule has 4 aliphatic rings. The Morgan fingerprint density at radius 3 is 0.964 bits per heavy atom. The van der Waals surface area contributed by atoms with E-state index in [9.17, 15) is 20.4 Å². The molecule has 0 heterocycles. The van der Waals surface area contributed by atoms with Crippen molar-refractivity contribution in [3.63, 3.8) is 0 Å². The minimum Gasteiger partial charge on any atom is -0.508 e.